The SMILES string of the molecule is O=C1OCC2(COS(=O)(=O)O2)C(C2COS(=O)(=O)O2)O1. The van der Waals surface area contributed by atoms with Crippen molar-refractivity contribution in [3.63, 3.8) is 0 Å². The van der Waals surface area contributed by atoms with Gasteiger partial charge in [0.05, 0.1) is 0 Å². The molecule has 3 fully saturated rings. The molecule has 0 bridgehead atoms. The number of hydrogen-bond donors (Lipinski definition) is 0. The Morgan fingerprint density at radius 3 is 2.35 bits per heavy atom. The summed E-state index contributed by atoms with van der Waals surface area (Å²) in [6.07, 6.45) is -3.75. The van der Waals surface area contributed by atoms with E-state index in [1.807, 2.05) is 0 Å². The standard InChI is InChI=1S/C7H8O11S2/c8-6-13-2-7(3-15-20(11,12)18-7)5(16-6)4-1-14-19(9,10)17-4/h4-5H,1-3H2. The minimum absolute atomic E-state index is 0.453. The predicted octanol–water partition coefficient (Wildman–Crippen LogP) is -1.79. The highest BCUT2D eigenvalue weighted by atomic mass is 32.3. The average Bonchev–Trinajstić information content (AvgIpc) is 2.84. The first-order valence-electron chi connectivity index (χ1n) is 5.22. The summed E-state index contributed by atoms with van der Waals surface area (Å²) in [7, 11) is -8.50. The van der Waals surface area contributed by atoms with Crippen molar-refractivity contribution >= 4 is 27.0 Å². The van der Waals surface area contributed by atoms with Crippen LogP contribution in [0, 0.1) is 0 Å². The topological polar surface area (TPSA) is 141 Å². The largest absolute Gasteiger partial charge is 0.508 e. The monoisotopic (exact) mass is 332 g/mol. The Labute approximate surface area is 113 Å². The number of hydrogen-bond acceptors (Lipinski definition) is 11. The van der Waals surface area contributed by atoms with Crippen molar-refractivity contribution in [2.45, 2.75) is 17.8 Å². The molecule has 3 aliphatic heterocycles. The van der Waals surface area contributed by atoms with Crippen LogP contribution in [0.2, 0.25) is 0 Å². The van der Waals surface area contributed by atoms with Gasteiger partial charge in [-0.25, -0.2) is 21.5 Å². The number of carbonyl (C=O) groups excluding carboxylic acids is 1. The van der Waals surface area contributed by atoms with E-state index in [0.29, 0.717) is 0 Å². The Balaban J connectivity index is 1.91. The summed E-state index contributed by atoms with van der Waals surface area (Å²) in [5.41, 5.74) is -1.71. The Kier molecular flexibility index (Phi) is 2.97. The van der Waals surface area contributed by atoms with Crippen LogP contribution in [0.25, 0.3) is 0 Å². The molecule has 0 amide bonds. The van der Waals surface area contributed by atoms with Gasteiger partial charge >= 0.3 is 27.0 Å². The second-order valence-corrected chi connectivity index (χ2v) is 6.69. The number of cyclic esters (lactones) is 2. The minimum atomic E-state index is -4.28. The van der Waals surface area contributed by atoms with Crippen LogP contribution in [0.5, 0.6) is 0 Å². The second-order valence-electron chi connectivity index (χ2n) is 4.22. The van der Waals surface area contributed by atoms with Crippen LogP contribution in [0.3, 0.4) is 0 Å². The molecule has 3 heterocycles. The zero-order chi connectivity index (χ0) is 14.6. The van der Waals surface area contributed by atoms with E-state index in [0.717, 1.165) is 0 Å². The summed E-state index contributed by atoms with van der Waals surface area (Å²) in [6.45, 7) is -1.45. The summed E-state index contributed by atoms with van der Waals surface area (Å²) >= 11 is 0. The molecule has 0 saturated carbocycles. The molecule has 3 aliphatic rings. The third kappa shape index (κ3) is 2.36. The van der Waals surface area contributed by atoms with Gasteiger partial charge < -0.3 is 9.47 Å². The van der Waals surface area contributed by atoms with Gasteiger partial charge in [0.25, 0.3) is 0 Å². The molecule has 0 aromatic heterocycles. The summed E-state index contributed by atoms with van der Waals surface area (Å²) in [4.78, 5) is 11.2. The third-order valence-corrected chi connectivity index (χ3v) is 4.70. The first kappa shape index (κ1) is 14.0. The molecule has 3 rings (SSSR count). The third-order valence-electron chi connectivity index (χ3n) is 2.85. The van der Waals surface area contributed by atoms with Crippen LogP contribution >= 0.6 is 0 Å². The summed E-state index contributed by atoms with van der Waals surface area (Å²) in [5, 5.41) is 0. The number of rotatable bonds is 1. The lowest BCUT2D eigenvalue weighted by Crippen LogP contribution is -2.60. The number of ether oxygens (including phenoxy) is 2. The van der Waals surface area contributed by atoms with E-state index >= 15 is 0 Å². The van der Waals surface area contributed by atoms with Gasteiger partial charge in [0.1, 0.15) is 25.9 Å². The van der Waals surface area contributed by atoms with Crippen LogP contribution in [-0.2, 0) is 47.0 Å². The molecule has 11 nitrogen and oxygen atoms in total. The van der Waals surface area contributed by atoms with Gasteiger partial charge in [-0.15, -0.1) is 0 Å². The lowest BCUT2D eigenvalue weighted by atomic mass is 9.93. The van der Waals surface area contributed by atoms with Gasteiger partial charge in [-0.05, 0) is 0 Å². The van der Waals surface area contributed by atoms with E-state index in [1.54, 1.807) is 0 Å². The molecule has 0 aromatic rings. The normalized spacial score (nSPS) is 42.3. The predicted molar refractivity (Wildman–Crippen MR) is 54.7 cm³/mol. The van der Waals surface area contributed by atoms with Gasteiger partial charge in [0.15, 0.2) is 11.7 Å². The van der Waals surface area contributed by atoms with Crippen molar-refractivity contribution in [1.29, 1.82) is 0 Å². The zero-order valence-electron chi connectivity index (χ0n) is 9.58. The lowest BCUT2D eigenvalue weighted by molar-refractivity contribution is -0.166. The van der Waals surface area contributed by atoms with Gasteiger partial charge in [0.2, 0.25) is 0 Å². The van der Waals surface area contributed by atoms with Crippen molar-refractivity contribution < 1.29 is 47.8 Å². The molecular weight excluding hydrogens is 324 g/mol. The maximum absolute atomic E-state index is 11.2. The molecule has 0 radical (unpaired) electrons. The molecule has 0 aliphatic carbocycles. The molecule has 20 heavy (non-hydrogen) atoms. The lowest BCUT2D eigenvalue weighted by Gasteiger charge is -2.37. The molecule has 3 atom stereocenters. The first-order valence-corrected chi connectivity index (χ1v) is 7.89. The van der Waals surface area contributed by atoms with E-state index in [4.69, 9.17) is 8.92 Å². The quantitative estimate of drug-likeness (QED) is 0.503. The van der Waals surface area contributed by atoms with Crippen molar-refractivity contribution in [3.05, 3.63) is 0 Å². The Morgan fingerprint density at radius 2 is 1.80 bits per heavy atom. The second kappa shape index (κ2) is 4.25. The average molecular weight is 332 g/mol. The fourth-order valence-electron chi connectivity index (χ4n) is 2.04. The smallest absolute Gasteiger partial charge is 0.431 e. The van der Waals surface area contributed by atoms with E-state index in [-0.39, 0.29) is 0 Å². The molecule has 1 spiro atoms. The maximum Gasteiger partial charge on any atom is 0.508 e. The molecule has 114 valence electrons. The van der Waals surface area contributed by atoms with Crippen LogP contribution in [0.15, 0.2) is 0 Å². The van der Waals surface area contributed by atoms with Gasteiger partial charge in [-0.3, -0.25) is 0 Å². The molecule has 3 saturated heterocycles. The highest BCUT2D eigenvalue weighted by Gasteiger charge is 2.61. The zero-order valence-corrected chi connectivity index (χ0v) is 11.2. The van der Waals surface area contributed by atoms with Gasteiger partial charge in [-0.2, -0.15) is 16.8 Å². The molecule has 0 N–H and O–H groups in total. The van der Waals surface area contributed by atoms with Crippen LogP contribution in [0.4, 0.5) is 4.79 Å². The minimum Gasteiger partial charge on any atom is -0.431 e. The summed E-state index contributed by atoms with van der Waals surface area (Å²) in [6, 6.07) is 0. The van der Waals surface area contributed by atoms with Crippen LogP contribution < -0.4 is 0 Å². The van der Waals surface area contributed by atoms with Gasteiger partial charge in [0, 0.05) is 0 Å². The van der Waals surface area contributed by atoms with Crippen molar-refractivity contribution in [2.75, 3.05) is 19.8 Å². The summed E-state index contributed by atoms with van der Waals surface area (Å²) < 4.78 is 72.2. The highest BCUT2D eigenvalue weighted by Crippen LogP contribution is 2.37. The van der Waals surface area contributed by atoms with Gasteiger partial charge in [-0.1, -0.05) is 0 Å². The Morgan fingerprint density at radius 1 is 1.05 bits per heavy atom. The maximum atomic E-state index is 11.2. The fraction of sp³-hybridized carbons (Fsp3) is 0.857. The molecule has 0 aromatic carbocycles. The van der Waals surface area contributed by atoms with Crippen molar-refractivity contribution in [1.82, 2.24) is 0 Å². The van der Waals surface area contributed by atoms with E-state index in [2.05, 4.69) is 17.3 Å². The van der Waals surface area contributed by atoms with E-state index < -0.39 is 64.6 Å². The summed E-state index contributed by atoms with van der Waals surface area (Å²) in [5.74, 6) is 0. The molecule has 3 unspecified atom stereocenters. The first-order chi connectivity index (χ1) is 9.22. The Bertz CT molecular complexity index is 636. The fourth-order valence-corrected chi connectivity index (χ4v) is 3.84. The number of carbonyl (C=O) groups is 1. The highest BCUT2D eigenvalue weighted by molar-refractivity contribution is 7.82. The van der Waals surface area contributed by atoms with Crippen LogP contribution in [0.1, 0.15) is 0 Å². The molecular formula is C7H8O11S2. The molecule has 13 heteroatoms. The van der Waals surface area contributed by atoms with Crippen molar-refractivity contribution in [2.24, 2.45) is 0 Å². The Hall–Kier alpha value is -0.990. The van der Waals surface area contributed by atoms with Crippen molar-refractivity contribution in [3.8, 4) is 0 Å². The van der Waals surface area contributed by atoms with E-state index in [1.165, 1.54) is 0 Å². The van der Waals surface area contributed by atoms with Crippen LogP contribution in [-0.4, -0.2) is 60.6 Å². The van der Waals surface area contributed by atoms with E-state index in [9.17, 15) is 21.6 Å².